The van der Waals surface area contributed by atoms with Crippen LogP contribution in [0.2, 0.25) is 0 Å². The van der Waals surface area contributed by atoms with Crippen LogP contribution in [0, 0.1) is 0 Å². The highest BCUT2D eigenvalue weighted by atomic mass is 15.3. The number of H-pyrrole nitrogens is 1. The summed E-state index contributed by atoms with van der Waals surface area (Å²) in [4.78, 5) is 16.8. The minimum Gasteiger partial charge on any atom is -0.369 e. The van der Waals surface area contributed by atoms with Crippen LogP contribution in [0.15, 0.2) is 30.5 Å². The lowest BCUT2D eigenvalue weighted by Gasteiger charge is -2.39. The predicted octanol–water partition coefficient (Wildman–Crippen LogP) is 3.54. The number of piperazine rings is 1. The monoisotopic (exact) mass is 405 g/mol. The van der Waals surface area contributed by atoms with E-state index in [0.29, 0.717) is 12.1 Å². The quantitative estimate of drug-likeness (QED) is 0.719. The molecular weight excluding hydrogens is 374 g/mol. The first-order valence-electron chi connectivity index (χ1n) is 11.1. The molecule has 4 heterocycles. The van der Waals surface area contributed by atoms with E-state index >= 15 is 0 Å². The molecule has 1 N–H and O–H groups in total. The number of rotatable bonds is 3. The van der Waals surface area contributed by atoms with Gasteiger partial charge in [0, 0.05) is 49.5 Å². The average Bonchev–Trinajstić information content (AvgIpc) is 3.18. The maximum Gasteiger partial charge on any atom is 0.226 e. The smallest absolute Gasteiger partial charge is 0.226 e. The number of aromatic nitrogens is 4. The van der Waals surface area contributed by atoms with Crippen LogP contribution < -0.4 is 9.80 Å². The largest absolute Gasteiger partial charge is 0.369 e. The summed E-state index contributed by atoms with van der Waals surface area (Å²) < 4.78 is 0. The van der Waals surface area contributed by atoms with Gasteiger partial charge in [-0.25, -0.2) is 9.97 Å². The van der Waals surface area contributed by atoms with Crippen molar-refractivity contribution in [1.82, 2.24) is 25.1 Å². The summed E-state index contributed by atoms with van der Waals surface area (Å²) in [6.45, 7) is 8.92. The fraction of sp³-hybridized carbons (Fsp3) is 0.522. The van der Waals surface area contributed by atoms with Gasteiger partial charge in [0.1, 0.15) is 16.7 Å². The van der Waals surface area contributed by atoms with Gasteiger partial charge in [-0.05, 0) is 52.3 Å². The first-order chi connectivity index (χ1) is 14.6. The summed E-state index contributed by atoms with van der Waals surface area (Å²) >= 11 is 0. The van der Waals surface area contributed by atoms with Gasteiger partial charge in [-0.15, -0.1) is 0 Å². The molecule has 0 unspecified atom stereocenters. The van der Waals surface area contributed by atoms with Gasteiger partial charge in [-0.2, -0.15) is 5.10 Å². The van der Waals surface area contributed by atoms with Gasteiger partial charge in [-0.1, -0.05) is 12.1 Å². The Labute approximate surface area is 178 Å². The van der Waals surface area contributed by atoms with E-state index in [-0.39, 0.29) is 0 Å². The summed E-state index contributed by atoms with van der Waals surface area (Å²) in [5.41, 5.74) is 5.05. The molecule has 0 amide bonds. The van der Waals surface area contributed by atoms with Crippen molar-refractivity contribution in [3.05, 3.63) is 30.5 Å². The molecule has 0 aliphatic carbocycles. The van der Waals surface area contributed by atoms with Crippen molar-refractivity contribution >= 4 is 22.7 Å². The van der Waals surface area contributed by atoms with Crippen LogP contribution in [0.25, 0.3) is 22.3 Å². The van der Waals surface area contributed by atoms with E-state index < -0.39 is 0 Å². The van der Waals surface area contributed by atoms with Crippen molar-refractivity contribution in [3.8, 4) is 11.3 Å². The molecule has 0 bridgehead atoms. The van der Waals surface area contributed by atoms with Crippen LogP contribution in [-0.4, -0.2) is 70.4 Å². The Morgan fingerprint density at radius 1 is 0.967 bits per heavy atom. The lowest BCUT2D eigenvalue weighted by atomic mass is 9.98. The van der Waals surface area contributed by atoms with E-state index in [1.165, 1.54) is 24.9 Å². The molecule has 158 valence electrons. The molecule has 7 nitrogen and oxygen atoms in total. The predicted molar refractivity (Wildman–Crippen MR) is 122 cm³/mol. The van der Waals surface area contributed by atoms with E-state index in [9.17, 15) is 0 Å². The first-order valence-corrected chi connectivity index (χ1v) is 11.1. The Morgan fingerprint density at radius 2 is 1.67 bits per heavy atom. The van der Waals surface area contributed by atoms with Gasteiger partial charge in [0.15, 0.2) is 0 Å². The minimum atomic E-state index is 0.462. The van der Waals surface area contributed by atoms with Crippen molar-refractivity contribution in [3.63, 3.8) is 0 Å². The van der Waals surface area contributed by atoms with E-state index in [0.717, 1.165) is 54.4 Å². The number of piperidine rings is 1. The Morgan fingerprint density at radius 3 is 2.37 bits per heavy atom. The maximum atomic E-state index is 4.96. The van der Waals surface area contributed by atoms with Crippen LogP contribution in [-0.2, 0) is 0 Å². The molecule has 2 fully saturated rings. The van der Waals surface area contributed by atoms with E-state index in [1.54, 1.807) is 0 Å². The highest BCUT2D eigenvalue weighted by Gasteiger charge is 2.27. The molecule has 2 aromatic heterocycles. The number of nitrogens with one attached hydrogen (secondary N) is 1. The highest BCUT2D eigenvalue weighted by Crippen LogP contribution is 2.31. The lowest BCUT2D eigenvalue weighted by molar-refractivity contribution is 0.313. The number of nitrogens with zero attached hydrogens (tertiary/aromatic N) is 6. The second kappa shape index (κ2) is 7.87. The Balaban J connectivity index is 1.44. The minimum absolute atomic E-state index is 0.462. The van der Waals surface area contributed by atoms with E-state index in [2.05, 4.69) is 75.0 Å². The summed E-state index contributed by atoms with van der Waals surface area (Å²) in [6, 6.07) is 9.67. The van der Waals surface area contributed by atoms with Crippen LogP contribution in [0.1, 0.15) is 33.1 Å². The van der Waals surface area contributed by atoms with E-state index in [4.69, 9.17) is 4.98 Å². The van der Waals surface area contributed by atoms with Crippen molar-refractivity contribution in [2.24, 2.45) is 0 Å². The lowest BCUT2D eigenvalue weighted by Crippen LogP contribution is -2.44. The number of hydrogen-bond acceptors (Lipinski definition) is 6. The van der Waals surface area contributed by atoms with Crippen LogP contribution in [0.3, 0.4) is 0 Å². The molecular formula is C23H31N7. The molecule has 2 atom stereocenters. The molecule has 3 aromatic rings. The number of anilines is 2. The zero-order chi connectivity index (χ0) is 20.7. The van der Waals surface area contributed by atoms with Crippen molar-refractivity contribution < 1.29 is 0 Å². The Kier molecular flexibility index (Phi) is 5.06. The van der Waals surface area contributed by atoms with Gasteiger partial charge in [0.05, 0.1) is 6.20 Å². The second-order valence-electron chi connectivity index (χ2n) is 8.88. The number of benzene rings is 1. The molecule has 0 spiro atoms. The third-order valence-electron chi connectivity index (χ3n) is 6.72. The Hall–Kier alpha value is -2.67. The molecule has 5 rings (SSSR count). The number of hydrogen-bond donors (Lipinski definition) is 1. The molecule has 1 aromatic carbocycles. The second-order valence-corrected chi connectivity index (χ2v) is 8.88. The molecule has 30 heavy (non-hydrogen) atoms. The molecule has 7 heteroatoms. The summed E-state index contributed by atoms with van der Waals surface area (Å²) in [6.07, 6.45) is 5.54. The first kappa shape index (κ1) is 19.3. The third kappa shape index (κ3) is 3.51. The van der Waals surface area contributed by atoms with Gasteiger partial charge >= 0.3 is 0 Å². The summed E-state index contributed by atoms with van der Waals surface area (Å²) in [7, 11) is 2.19. The van der Waals surface area contributed by atoms with Gasteiger partial charge in [0.25, 0.3) is 0 Å². The fourth-order valence-electron chi connectivity index (χ4n) is 4.84. The number of aromatic amines is 1. The third-order valence-corrected chi connectivity index (χ3v) is 6.72. The summed E-state index contributed by atoms with van der Waals surface area (Å²) in [5, 5.41) is 7.69. The number of fused-ring (bicyclic) bond motifs is 1. The topological polar surface area (TPSA) is 64.2 Å². The average molecular weight is 406 g/mol. The van der Waals surface area contributed by atoms with Gasteiger partial charge in [-0.3, -0.25) is 5.10 Å². The normalized spacial score (nSPS) is 23.3. The maximum absolute atomic E-state index is 4.96. The fourth-order valence-corrected chi connectivity index (χ4v) is 4.84. The molecule has 0 saturated carbocycles. The van der Waals surface area contributed by atoms with Crippen molar-refractivity contribution in [1.29, 1.82) is 0 Å². The molecule has 2 saturated heterocycles. The van der Waals surface area contributed by atoms with Crippen molar-refractivity contribution in [2.45, 2.75) is 45.2 Å². The zero-order valence-electron chi connectivity index (χ0n) is 18.2. The van der Waals surface area contributed by atoms with Gasteiger partial charge in [0.2, 0.25) is 5.95 Å². The Bertz CT molecular complexity index is 994. The standard InChI is InChI=1S/C23H31N7/c1-16-5-4-6-17(2)30(16)23-24-15-20-22(25-23)21(27-26-20)18-7-9-19(10-8-18)29-13-11-28(3)12-14-29/h7-10,15-17H,4-6,11-14H2,1-3H3,(H,26,27)/t16-,17+. The van der Waals surface area contributed by atoms with Crippen LogP contribution >= 0.6 is 0 Å². The highest BCUT2D eigenvalue weighted by molar-refractivity contribution is 5.90. The molecule has 2 aliphatic rings. The van der Waals surface area contributed by atoms with Gasteiger partial charge < -0.3 is 14.7 Å². The van der Waals surface area contributed by atoms with E-state index in [1.807, 2.05) is 6.20 Å². The van der Waals surface area contributed by atoms with Crippen molar-refractivity contribution in [2.75, 3.05) is 43.0 Å². The van der Waals surface area contributed by atoms with Crippen LogP contribution in [0.5, 0.6) is 0 Å². The summed E-state index contributed by atoms with van der Waals surface area (Å²) in [5.74, 6) is 0.818. The molecule has 0 radical (unpaired) electrons. The van der Waals surface area contributed by atoms with Crippen LogP contribution in [0.4, 0.5) is 11.6 Å². The zero-order valence-corrected chi connectivity index (χ0v) is 18.2. The molecule has 2 aliphatic heterocycles. The number of likely N-dealkylation sites (N-methyl/N-ethyl adjacent to an activating group) is 1. The SMILES string of the molecule is C[C@@H]1CCC[C@H](C)N1c1ncc2[nH]nc(-c3ccc(N4CCN(C)CC4)cc3)c2n1.